The van der Waals surface area contributed by atoms with Crippen LogP contribution < -0.4 is 4.90 Å². The normalized spacial score (nSPS) is 14.0. The van der Waals surface area contributed by atoms with Gasteiger partial charge in [0.15, 0.2) is 0 Å². The number of para-hydroxylation sites is 1. The first-order valence-electron chi connectivity index (χ1n) is 11.4. The number of piperazine rings is 1. The summed E-state index contributed by atoms with van der Waals surface area (Å²) in [6.45, 7) is 7.25. The summed E-state index contributed by atoms with van der Waals surface area (Å²) in [6.07, 6.45) is 0. The van der Waals surface area contributed by atoms with E-state index in [2.05, 4.69) is 36.9 Å². The van der Waals surface area contributed by atoms with Crippen LogP contribution in [-0.2, 0) is 0 Å². The molecule has 0 unspecified atom stereocenters. The lowest BCUT2D eigenvalue weighted by Crippen LogP contribution is -2.49. The number of benzene rings is 3. The summed E-state index contributed by atoms with van der Waals surface area (Å²) >= 11 is 12.4. The Balaban J connectivity index is 1.45. The monoisotopic (exact) mass is 489 g/mol. The van der Waals surface area contributed by atoms with E-state index in [1.807, 2.05) is 41.3 Å². The van der Waals surface area contributed by atoms with E-state index >= 15 is 0 Å². The lowest BCUT2D eigenvalue weighted by molar-refractivity contribution is 0.0748. The predicted molar refractivity (Wildman–Crippen MR) is 141 cm³/mol. The molecule has 0 bridgehead atoms. The molecule has 0 saturated carbocycles. The van der Waals surface area contributed by atoms with E-state index in [1.54, 1.807) is 12.1 Å². The zero-order chi connectivity index (χ0) is 23.8. The van der Waals surface area contributed by atoms with E-state index in [0.717, 1.165) is 29.6 Å². The van der Waals surface area contributed by atoms with Crippen LogP contribution in [0, 0.1) is 13.8 Å². The third kappa shape index (κ3) is 4.24. The Morgan fingerprint density at radius 3 is 2.38 bits per heavy atom. The molecule has 2 heterocycles. The topological polar surface area (TPSA) is 36.4 Å². The number of amides is 1. The van der Waals surface area contributed by atoms with Crippen molar-refractivity contribution in [2.45, 2.75) is 13.8 Å². The number of aryl methyl sites for hydroxylation is 1. The van der Waals surface area contributed by atoms with Gasteiger partial charge in [-0.1, -0.05) is 59.6 Å². The molecule has 5 rings (SSSR count). The van der Waals surface area contributed by atoms with Crippen molar-refractivity contribution >= 4 is 45.7 Å². The Hall–Kier alpha value is -3.08. The van der Waals surface area contributed by atoms with Gasteiger partial charge in [-0.15, -0.1) is 0 Å². The van der Waals surface area contributed by atoms with Crippen LogP contribution in [0.15, 0.2) is 66.7 Å². The third-order valence-corrected chi connectivity index (χ3v) is 7.38. The summed E-state index contributed by atoms with van der Waals surface area (Å²) < 4.78 is 0. The van der Waals surface area contributed by atoms with Crippen molar-refractivity contribution in [1.82, 2.24) is 9.88 Å². The number of fused-ring (bicyclic) bond motifs is 1. The SMILES string of the molecule is Cc1cccc(N2CCN(C(=O)c3cc(-c4ccc(Cl)c(Cl)c4)nc4ccccc34)CC2)c1C. The summed E-state index contributed by atoms with van der Waals surface area (Å²) in [5.74, 6) is 0.0283. The second-order valence-corrected chi connectivity index (χ2v) is 9.51. The molecule has 1 aromatic heterocycles. The highest BCUT2D eigenvalue weighted by Gasteiger charge is 2.25. The zero-order valence-electron chi connectivity index (χ0n) is 19.2. The Kier molecular flexibility index (Phi) is 6.20. The van der Waals surface area contributed by atoms with Gasteiger partial charge >= 0.3 is 0 Å². The molecule has 3 aromatic carbocycles. The molecule has 0 atom stereocenters. The van der Waals surface area contributed by atoms with Gasteiger partial charge in [0.1, 0.15) is 0 Å². The Labute approximate surface area is 209 Å². The van der Waals surface area contributed by atoms with E-state index < -0.39 is 0 Å². The number of rotatable bonds is 3. The highest BCUT2D eigenvalue weighted by molar-refractivity contribution is 6.42. The number of nitrogens with zero attached hydrogens (tertiary/aromatic N) is 3. The summed E-state index contributed by atoms with van der Waals surface area (Å²) in [7, 11) is 0. The second-order valence-electron chi connectivity index (χ2n) is 8.70. The van der Waals surface area contributed by atoms with Crippen LogP contribution in [0.4, 0.5) is 5.69 Å². The van der Waals surface area contributed by atoms with Crippen LogP contribution in [0.5, 0.6) is 0 Å². The van der Waals surface area contributed by atoms with Crippen molar-refractivity contribution in [3.63, 3.8) is 0 Å². The second kappa shape index (κ2) is 9.28. The molecule has 1 amide bonds. The van der Waals surface area contributed by atoms with Crippen molar-refractivity contribution < 1.29 is 4.79 Å². The molecule has 0 N–H and O–H groups in total. The highest BCUT2D eigenvalue weighted by Crippen LogP contribution is 2.31. The minimum atomic E-state index is 0.0283. The maximum absolute atomic E-state index is 13.7. The van der Waals surface area contributed by atoms with Crippen molar-refractivity contribution in [3.05, 3.63) is 93.5 Å². The molecule has 4 aromatic rings. The van der Waals surface area contributed by atoms with Crippen molar-refractivity contribution in [3.8, 4) is 11.3 Å². The van der Waals surface area contributed by atoms with Crippen molar-refractivity contribution in [1.29, 1.82) is 0 Å². The minimum absolute atomic E-state index is 0.0283. The summed E-state index contributed by atoms with van der Waals surface area (Å²) in [4.78, 5) is 22.8. The fourth-order valence-electron chi connectivity index (χ4n) is 4.55. The quantitative estimate of drug-likeness (QED) is 0.317. The molecule has 34 heavy (non-hydrogen) atoms. The largest absolute Gasteiger partial charge is 0.368 e. The fraction of sp³-hybridized carbons (Fsp3) is 0.214. The highest BCUT2D eigenvalue weighted by atomic mass is 35.5. The average molecular weight is 490 g/mol. The van der Waals surface area contributed by atoms with Gasteiger partial charge in [-0.3, -0.25) is 4.79 Å². The van der Waals surface area contributed by atoms with Gasteiger partial charge in [-0.2, -0.15) is 0 Å². The van der Waals surface area contributed by atoms with Crippen LogP contribution in [-0.4, -0.2) is 42.0 Å². The molecule has 6 heteroatoms. The molecule has 1 aliphatic rings. The number of hydrogen-bond acceptors (Lipinski definition) is 3. The fourth-order valence-corrected chi connectivity index (χ4v) is 4.85. The first-order chi connectivity index (χ1) is 16.4. The van der Waals surface area contributed by atoms with Gasteiger partial charge < -0.3 is 9.80 Å². The molecule has 0 spiro atoms. The maximum atomic E-state index is 13.7. The molecule has 4 nitrogen and oxygen atoms in total. The lowest BCUT2D eigenvalue weighted by Gasteiger charge is -2.37. The van der Waals surface area contributed by atoms with E-state index in [-0.39, 0.29) is 5.91 Å². The van der Waals surface area contributed by atoms with Crippen LogP contribution in [0.2, 0.25) is 10.0 Å². The molecular formula is C28H25Cl2N3O. The lowest BCUT2D eigenvalue weighted by atomic mass is 10.0. The van der Waals surface area contributed by atoms with E-state index in [0.29, 0.717) is 34.4 Å². The number of anilines is 1. The third-order valence-electron chi connectivity index (χ3n) is 6.65. The number of halogens is 2. The van der Waals surface area contributed by atoms with Crippen LogP contribution in [0.3, 0.4) is 0 Å². The molecule has 1 aliphatic heterocycles. The number of carbonyl (C=O) groups excluding carboxylic acids is 1. The molecular weight excluding hydrogens is 465 g/mol. The van der Waals surface area contributed by atoms with Crippen molar-refractivity contribution in [2.75, 3.05) is 31.1 Å². The predicted octanol–water partition coefficient (Wildman–Crippen LogP) is 6.79. The van der Waals surface area contributed by atoms with Gasteiger partial charge in [0.2, 0.25) is 0 Å². The van der Waals surface area contributed by atoms with Gasteiger partial charge in [-0.25, -0.2) is 4.98 Å². The minimum Gasteiger partial charge on any atom is -0.368 e. The standard InChI is InChI=1S/C28H25Cl2N3O/c1-18-6-5-9-27(19(18)2)32-12-14-33(15-13-32)28(34)22-17-26(20-10-11-23(29)24(30)16-20)31-25-8-4-3-7-21(22)25/h3-11,16-17H,12-15H2,1-2H3. The first-order valence-corrected chi connectivity index (χ1v) is 12.1. The number of hydrogen-bond donors (Lipinski definition) is 0. The Bertz CT molecular complexity index is 1390. The van der Waals surface area contributed by atoms with Crippen molar-refractivity contribution in [2.24, 2.45) is 0 Å². The van der Waals surface area contributed by atoms with Gasteiger partial charge in [0.05, 0.1) is 26.8 Å². The number of carbonyl (C=O) groups is 1. The smallest absolute Gasteiger partial charge is 0.254 e. The molecule has 172 valence electrons. The van der Waals surface area contributed by atoms with Gasteiger partial charge in [0, 0.05) is 42.8 Å². The number of pyridine rings is 1. The molecule has 1 saturated heterocycles. The molecule has 0 aliphatic carbocycles. The van der Waals surface area contributed by atoms with Crippen LogP contribution in [0.1, 0.15) is 21.5 Å². The van der Waals surface area contributed by atoms with Gasteiger partial charge in [0.25, 0.3) is 5.91 Å². The summed E-state index contributed by atoms with van der Waals surface area (Å²) in [5.41, 5.74) is 6.81. The summed E-state index contributed by atoms with van der Waals surface area (Å²) in [5, 5.41) is 1.81. The Morgan fingerprint density at radius 2 is 1.62 bits per heavy atom. The number of aromatic nitrogens is 1. The van der Waals surface area contributed by atoms with Gasteiger partial charge in [-0.05, 0) is 55.3 Å². The zero-order valence-corrected chi connectivity index (χ0v) is 20.7. The maximum Gasteiger partial charge on any atom is 0.254 e. The van der Waals surface area contributed by atoms with E-state index in [4.69, 9.17) is 28.2 Å². The molecule has 0 radical (unpaired) electrons. The Morgan fingerprint density at radius 1 is 0.853 bits per heavy atom. The summed E-state index contributed by atoms with van der Waals surface area (Å²) in [6, 6.07) is 21.5. The average Bonchev–Trinajstić information content (AvgIpc) is 2.86. The van der Waals surface area contributed by atoms with Crippen LogP contribution in [0.25, 0.3) is 22.2 Å². The van der Waals surface area contributed by atoms with E-state index in [1.165, 1.54) is 16.8 Å². The first kappa shape index (κ1) is 22.7. The van der Waals surface area contributed by atoms with Crippen LogP contribution >= 0.6 is 23.2 Å². The van der Waals surface area contributed by atoms with E-state index in [9.17, 15) is 4.79 Å². The molecule has 1 fully saturated rings.